The van der Waals surface area contributed by atoms with Gasteiger partial charge in [0.05, 0.1) is 5.02 Å². The molecule has 0 aliphatic carbocycles. The Labute approximate surface area is 99.4 Å². The number of nitrogens with one attached hydrogen (secondary N) is 1. The van der Waals surface area contributed by atoms with Crippen LogP contribution in [-0.4, -0.2) is 17.6 Å². The van der Waals surface area contributed by atoms with E-state index in [0.29, 0.717) is 18.5 Å². The van der Waals surface area contributed by atoms with Crippen molar-refractivity contribution in [1.29, 1.82) is 0 Å². The maximum atomic E-state index is 11.6. The van der Waals surface area contributed by atoms with Gasteiger partial charge in [0, 0.05) is 18.5 Å². The first-order valence-electron chi connectivity index (χ1n) is 4.81. The molecule has 3 nitrogen and oxygen atoms in total. The number of carbonyl (C=O) groups is 1. The third-order valence-corrected chi connectivity index (χ3v) is 2.22. The van der Waals surface area contributed by atoms with Crippen LogP contribution in [0.5, 0.6) is 5.75 Å². The zero-order chi connectivity index (χ0) is 12.0. The lowest BCUT2D eigenvalue weighted by Gasteiger charge is -2.04. The van der Waals surface area contributed by atoms with Gasteiger partial charge in [0.15, 0.2) is 0 Å². The predicted octanol–water partition coefficient (Wildman–Crippen LogP) is 2.19. The van der Waals surface area contributed by atoms with Gasteiger partial charge in [0.2, 0.25) is 0 Å². The number of halogens is 1. The number of phenols is 1. The van der Waals surface area contributed by atoms with Crippen LogP contribution in [0.25, 0.3) is 0 Å². The summed E-state index contributed by atoms with van der Waals surface area (Å²) in [4.78, 5) is 11.6. The second-order valence-electron chi connectivity index (χ2n) is 3.10. The highest BCUT2D eigenvalue weighted by atomic mass is 35.5. The summed E-state index contributed by atoms with van der Waals surface area (Å²) in [5.41, 5.74) is 0.423. The number of hydrogen-bond donors (Lipinski definition) is 2. The molecule has 0 atom stereocenters. The van der Waals surface area contributed by atoms with E-state index in [0.717, 1.165) is 0 Å². The molecule has 0 saturated carbocycles. The van der Waals surface area contributed by atoms with Gasteiger partial charge in [-0.2, -0.15) is 0 Å². The van der Waals surface area contributed by atoms with Crippen LogP contribution in [0.4, 0.5) is 0 Å². The summed E-state index contributed by atoms with van der Waals surface area (Å²) in [5, 5.41) is 12.1. The maximum Gasteiger partial charge on any atom is 0.251 e. The Bertz CT molecular complexity index is 446. The molecule has 0 fully saturated rings. The molecule has 0 heterocycles. The van der Waals surface area contributed by atoms with E-state index >= 15 is 0 Å². The highest BCUT2D eigenvalue weighted by molar-refractivity contribution is 6.32. The molecule has 0 unspecified atom stereocenters. The van der Waals surface area contributed by atoms with Gasteiger partial charge in [-0.25, -0.2) is 0 Å². The Morgan fingerprint density at radius 1 is 1.56 bits per heavy atom. The van der Waals surface area contributed by atoms with Crippen molar-refractivity contribution in [2.45, 2.75) is 13.3 Å². The van der Waals surface area contributed by atoms with Crippen LogP contribution < -0.4 is 5.32 Å². The van der Waals surface area contributed by atoms with Crippen LogP contribution in [0.15, 0.2) is 18.2 Å². The van der Waals surface area contributed by atoms with Gasteiger partial charge < -0.3 is 10.4 Å². The lowest BCUT2D eigenvalue weighted by atomic mass is 10.2. The van der Waals surface area contributed by atoms with E-state index in [2.05, 4.69) is 17.2 Å². The molecule has 0 bridgehead atoms. The molecule has 1 rings (SSSR count). The number of aromatic hydroxyl groups is 1. The fourth-order valence-electron chi connectivity index (χ4n) is 1.11. The summed E-state index contributed by atoms with van der Waals surface area (Å²) >= 11 is 5.69. The molecule has 0 radical (unpaired) electrons. The van der Waals surface area contributed by atoms with Crippen LogP contribution in [0, 0.1) is 11.8 Å². The van der Waals surface area contributed by atoms with E-state index in [-0.39, 0.29) is 16.7 Å². The van der Waals surface area contributed by atoms with Gasteiger partial charge in [-0.3, -0.25) is 4.79 Å². The van der Waals surface area contributed by atoms with Crippen molar-refractivity contribution >= 4 is 17.5 Å². The molecule has 1 amide bonds. The lowest BCUT2D eigenvalue weighted by molar-refractivity contribution is 0.0954. The molecule has 2 N–H and O–H groups in total. The van der Waals surface area contributed by atoms with Gasteiger partial charge in [0.25, 0.3) is 5.91 Å². The molecule has 0 aliphatic rings. The SMILES string of the molecule is CC#CCCNC(=O)c1ccc(O)c(Cl)c1. The van der Waals surface area contributed by atoms with Gasteiger partial charge >= 0.3 is 0 Å². The molecular formula is C12H12ClNO2. The first-order valence-corrected chi connectivity index (χ1v) is 5.19. The maximum absolute atomic E-state index is 11.6. The Morgan fingerprint density at radius 3 is 2.94 bits per heavy atom. The van der Waals surface area contributed by atoms with Gasteiger partial charge in [-0.15, -0.1) is 11.8 Å². The summed E-state index contributed by atoms with van der Waals surface area (Å²) in [7, 11) is 0. The van der Waals surface area contributed by atoms with Crippen LogP contribution >= 0.6 is 11.6 Å². The first kappa shape index (κ1) is 12.4. The molecule has 0 spiro atoms. The Hall–Kier alpha value is -1.66. The third-order valence-electron chi connectivity index (χ3n) is 1.92. The van der Waals surface area contributed by atoms with Crippen molar-refractivity contribution in [3.05, 3.63) is 28.8 Å². The number of hydrogen-bond acceptors (Lipinski definition) is 2. The first-order chi connectivity index (χ1) is 7.65. The van der Waals surface area contributed by atoms with E-state index in [1.165, 1.54) is 18.2 Å². The minimum absolute atomic E-state index is 0.0323. The molecule has 16 heavy (non-hydrogen) atoms. The summed E-state index contributed by atoms with van der Waals surface area (Å²) in [6.45, 7) is 2.25. The van der Waals surface area contributed by atoms with Gasteiger partial charge in [-0.1, -0.05) is 11.6 Å². The minimum Gasteiger partial charge on any atom is -0.506 e. The summed E-state index contributed by atoms with van der Waals surface area (Å²) in [5.74, 6) is 5.33. The van der Waals surface area contributed by atoms with E-state index in [1.807, 2.05) is 0 Å². The van der Waals surface area contributed by atoms with Crippen LogP contribution in [-0.2, 0) is 0 Å². The van der Waals surface area contributed by atoms with Crippen molar-refractivity contribution < 1.29 is 9.90 Å². The molecule has 84 valence electrons. The topological polar surface area (TPSA) is 49.3 Å². The smallest absolute Gasteiger partial charge is 0.251 e. The number of benzene rings is 1. The Morgan fingerprint density at radius 2 is 2.31 bits per heavy atom. The quantitative estimate of drug-likeness (QED) is 0.626. The second-order valence-corrected chi connectivity index (χ2v) is 3.51. The molecular weight excluding hydrogens is 226 g/mol. The number of phenolic OH excluding ortho intramolecular Hbond substituents is 1. The van der Waals surface area contributed by atoms with Crippen molar-refractivity contribution in [3.63, 3.8) is 0 Å². The van der Waals surface area contributed by atoms with Crippen molar-refractivity contribution in [3.8, 4) is 17.6 Å². The largest absolute Gasteiger partial charge is 0.506 e. The van der Waals surface area contributed by atoms with E-state index in [1.54, 1.807) is 6.92 Å². The monoisotopic (exact) mass is 237 g/mol. The predicted molar refractivity (Wildman–Crippen MR) is 63.5 cm³/mol. The average molecular weight is 238 g/mol. The van der Waals surface area contributed by atoms with E-state index in [4.69, 9.17) is 11.6 Å². The summed E-state index contributed by atoms with van der Waals surface area (Å²) < 4.78 is 0. The highest BCUT2D eigenvalue weighted by Crippen LogP contribution is 2.23. The second kappa shape index (κ2) is 6.04. The molecule has 1 aromatic rings. The number of rotatable bonds is 3. The summed E-state index contributed by atoms with van der Waals surface area (Å²) in [6.07, 6.45) is 0.619. The van der Waals surface area contributed by atoms with Crippen LogP contribution in [0.2, 0.25) is 5.02 Å². The van der Waals surface area contributed by atoms with Gasteiger partial charge in [-0.05, 0) is 25.1 Å². The van der Waals surface area contributed by atoms with Crippen molar-refractivity contribution in [2.24, 2.45) is 0 Å². The number of amides is 1. The molecule has 4 heteroatoms. The zero-order valence-electron chi connectivity index (χ0n) is 8.88. The van der Waals surface area contributed by atoms with E-state index < -0.39 is 0 Å². The Kier molecular flexibility index (Phi) is 4.68. The standard InChI is InChI=1S/C12H12ClNO2/c1-2-3-4-7-14-12(16)9-5-6-11(15)10(13)8-9/h5-6,8,15H,4,7H2,1H3,(H,14,16). The summed E-state index contributed by atoms with van der Waals surface area (Å²) in [6, 6.07) is 4.34. The minimum atomic E-state index is -0.222. The lowest BCUT2D eigenvalue weighted by Crippen LogP contribution is -2.24. The molecule has 1 aromatic carbocycles. The average Bonchev–Trinajstić information content (AvgIpc) is 2.28. The normalized spacial score (nSPS) is 9.12. The molecule has 0 aliphatic heterocycles. The van der Waals surface area contributed by atoms with E-state index in [9.17, 15) is 9.90 Å². The molecule has 0 aromatic heterocycles. The van der Waals surface area contributed by atoms with Crippen LogP contribution in [0.1, 0.15) is 23.7 Å². The Balaban J connectivity index is 2.58. The fraction of sp³-hybridized carbons (Fsp3) is 0.250. The van der Waals surface area contributed by atoms with Crippen molar-refractivity contribution in [2.75, 3.05) is 6.54 Å². The zero-order valence-corrected chi connectivity index (χ0v) is 9.64. The fourth-order valence-corrected chi connectivity index (χ4v) is 1.29. The molecule has 0 saturated heterocycles. The highest BCUT2D eigenvalue weighted by Gasteiger charge is 2.06. The van der Waals surface area contributed by atoms with Crippen LogP contribution in [0.3, 0.4) is 0 Å². The van der Waals surface area contributed by atoms with Crippen molar-refractivity contribution in [1.82, 2.24) is 5.32 Å². The number of carbonyl (C=O) groups excluding carboxylic acids is 1. The third kappa shape index (κ3) is 3.48. The van der Waals surface area contributed by atoms with Gasteiger partial charge in [0.1, 0.15) is 5.75 Å².